The normalized spacial score (nSPS) is 11.0. The van der Waals surface area contributed by atoms with E-state index in [1.165, 1.54) is 11.8 Å². The third-order valence-electron chi connectivity index (χ3n) is 4.08. The molecule has 3 aromatic rings. The molecule has 0 saturated heterocycles. The number of ether oxygens (including phenoxy) is 1. The van der Waals surface area contributed by atoms with Crippen LogP contribution in [0.2, 0.25) is 0 Å². The minimum absolute atomic E-state index is 0.223. The van der Waals surface area contributed by atoms with Gasteiger partial charge in [-0.3, -0.25) is 4.79 Å². The molecule has 0 fully saturated rings. The predicted octanol–water partition coefficient (Wildman–Crippen LogP) is 4.39. The van der Waals surface area contributed by atoms with Gasteiger partial charge in [0.25, 0.3) is 5.56 Å². The average Bonchev–Trinajstić information content (AvgIpc) is 2.69. The maximum Gasteiger partial charge on any atom is 0.258 e. The Balaban J connectivity index is 1.66. The first kappa shape index (κ1) is 20.0. The van der Waals surface area contributed by atoms with E-state index in [0.717, 1.165) is 16.9 Å². The van der Waals surface area contributed by atoms with E-state index in [2.05, 4.69) is 23.8 Å². The molecule has 0 saturated carbocycles. The Morgan fingerprint density at radius 3 is 2.43 bits per heavy atom. The Morgan fingerprint density at radius 2 is 1.79 bits per heavy atom. The number of benzene rings is 2. The largest absolute Gasteiger partial charge is 0.493 e. The van der Waals surface area contributed by atoms with Gasteiger partial charge in [-0.25, -0.2) is 0 Å². The highest BCUT2D eigenvalue weighted by Gasteiger charge is 2.12. The lowest BCUT2D eigenvalue weighted by Gasteiger charge is -2.10. The van der Waals surface area contributed by atoms with Gasteiger partial charge in [0.1, 0.15) is 5.75 Å². The number of nitrogens with zero attached hydrogens (tertiary/aromatic N) is 1. The van der Waals surface area contributed by atoms with Crippen LogP contribution in [0.4, 0.5) is 0 Å². The lowest BCUT2D eigenvalue weighted by molar-refractivity contribution is 0.271. The molecule has 0 bridgehead atoms. The fraction of sp³-hybridized carbons (Fsp3) is 0.273. The van der Waals surface area contributed by atoms with Crippen molar-refractivity contribution in [3.05, 3.63) is 81.6 Å². The quantitative estimate of drug-likeness (QED) is 0.436. The fourth-order valence-corrected chi connectivity index (χ4v) is 3.40. The topological polar surface area (TPSA) is 75.2 Å². The van der Waals surface area contributed by atoms with Gasteiger partial charge in [-0.2, -0.15) is 4.98 Å². The molecular weight excluding hydrogens is 372 g/mol. The highest BCUT2D eigenvalue weighted by molar-refractivity contribution is 7.98. The van der Waals surface area contributed by atoms with Gasteiger partial charge in [0, 0.05) is 12.2 Å². The fourth-order valence-electron chi connectivity index (χ4n) is 2.59. The van der Waals surface area contributed by atoms with Crippen molar-refractivity contribution in [2.75, 3.05) is 6.61 Å². The van der Waals surface area contributed by atoms with Crippen LogP contribution in [-0.4, -0.2) is 21.7 Å². The van der Waals surface area contributed by atoms with Gasteiger partial charge in [-0.15, -0.1) is 0 Å². The summed E-state index contributed by atoms with van der Waals surface area (Å²) in [5.41, 5.74) is 1.98. The van der Waals surface area contributed by atoms with Gasteiger partial charge < -0.3 is 14.8 Å². The highest BCUT2D eigenvalue weighted by Crippen LogP contribution is 2.22. The van der Waals surface area contributed by atoms with Gasteiger partial charge in [0.15, 0.2) is 5.16 Å². The molecule has 0 spiro atoms. The van der Waals surface area contributed by atoms with Crippen LogP contribution in [0.5, 0.6) is 11.6 Å². The molecule has 0 atom stereocenters. The third-order valence-corrected chi connectivity index (χ3v) is 5.02. The number of nitrogens with one attached hydrogen (secondary N) is 1. The second kappa shape index (κ2) is 9.46. The molecule has 5 nitrogen and oxygen atoms in total. The van der Waals surface area contributed by atoms with Crippen LogP contribution < -0.4 is 10.3 Å². The number of rotatable bonds is 8. The van der Waals surface area contributed by atoms with E-state index in [1.807, 2.05) is 54.6 Å². The molecular formula is C22H24N2O3S. The van der Waals surface area contributed by atoms with Gasteiger partial charge in [0.05, 0.1) is 12.2 Å². The smallest absolute Gasteiger partial charge is 0.258 e. The molecule has 0 aliphatic carbocycles. The summed E-state index contributed by atoms with van der Waals surface area (Å²) in [6, 6.07) is 17.4. The molecule has 0 unspecified atom stereocenters. The van der Waals surface area contributed by atoms with Crippen molar-refractivity contribution in [3.8, 4) is 11.6 Å². The number of H-pyrrole nitrogens is 1. The van der Waals surface area contributed by atoms with Crippen LogP contribution in [0.1, 0.15) is 30.5 Å². The second-order valence-corrected chi connectivity index (χ2v) is 7.94. The summed E-state index contributed by atoms with van der Waals surface area (Å²) in [5.74, 6) is 1.70. The molecule has 0 aliphatic heterocycles. The van der Waals surface area contributed by atoms with Gasteiger partial charge in [0.2, 0.25) is 5.88 Å². The molecule has 1 heterocycles. The Labute approximate surface area is 168 Å². The standard InChI is InChI=1S/C22H24N2O3S/c1-15(2)13-27-18-10-8-16(9-11-18)12-19-20(25)23-22(24-21(19)26)28-14-17-6-4-3-5-7-17/h3-11,15H,12-14H2,1-2H3,(H2,23,24,25,26). The molecule has 1 aromatic heterocycles. The van der Waals surface area contributed by atoms with Crippen molar-refractivity contribution in [1.82, 2.24) is 9.97 Å². The number of aromatic nitrogens is 2. The monoisotopic (exact) mass is 396 g/mol. The zero-order valence-corrected chi connectivity index (χ0v) is 16.8. The zero-order valence-electron chi connectivity index (χ0n) is 16.0. The first-order valence-electron chi connectivity index (χ1n) is 9.22. The Morgan fingerprint density at radius 1 is 1.07 bits per heavy atom. The van der Waals surface area contributed by atoms with E-state index in [4.69, 9.17) is 4.74 Å². The third kappa shape index (κ3) is 5.63. The zero-order chi connectivity index (χ0) is 19.9. The van der Waals surface area contributed by atoms with Gasteiger partial charge in [-0.05, 0) is 29.2 Å². The van der Waals surface area contributed by atoms with Crippen LogP contribution in [0, 0.1) is 5.92 Å². The van der Waals surface area contributed by atoms with Crippen molar-refractivity contribution in [3.63, 3.8) is 0 Å². The van der Waals surface area contributed by atoms with Crippen molar-refractivity contribution in [2.24, 2.45) is 5.92 Å². The molecule has 3 rings (SSSR count). The molecule has 0 amide bonds. The summed E-state index contributed by atoms with van der Waals surface area (Å²) in [6.07, 6.45) is 0.308. The van der Waals surface area contributed by atoms with E-state index < -0.39 is 0 Å². The number of aromatic amines is 1. The van der Waals surface area contributed by atoms with Crippen molar-refractivity contribution in [2.45, 2.75) is 31.2 Å². The van der Waals surface area contributed by atoms with E-state index in [0.29, 0.717) is 29.9 Å². The van der Waals surface area contributed by atoms with E-state index in [-0.39, 0.29) is 17.0 Å². The Hall–Kier alpha value is -2.73. The molecule has 146 valence electrons. The Bertz CT molecular complexity index is 954. The van der Waals surface area contributed by atoms with Crippen LogP contribution in [0.3, 0.4) is 0 Å². The highest BCUT2D eigenvalue weighted by atomic mass is 32.2. The number of hydrogen-bond acceptors (Lipinski definition) is 5. The average molecular weight is 397 g/mol. The number of aromatic hydroxyl groups is 1. The van der Waals surface area contributed by atoms with Crippen LogP contribution in [-0.2, 0) is 12.2 Å². The molecule has 0 radical (unpaired) electrons. The predicted molar refractivity (Wildman–Crippen MR) is 112 cm³/mol. The van der Waals surface area contributed by atoms with E-state index in [1.54, 1.807) is 0 Å². The number of hydrogen-bond donors (Lipinski definition) is 2. The van der Waals surface area contributed by atoms with E-state index >= 15 is 0 Å². The SMILES string of the molecule is CC(C)COc1ccc(Cc2c(O)nc(SCc3ccccc3)[nH]c2=O)cc1. The number of thioether (sulfide) groups is 1. The molecule has 6 heteroatoms. The van der Waals surface area contributed by atoms with Crippen molar-refractivity contribution >= 4 is 11.8 Å². The summed E-state index contributed by atoms with van der Waals surface area (Å²) < 4.78 is 5.67. The van der Waals surface area contributed by atoms with Crippen LogP contribution in [0.25, 0.3) is 0 Å². The van der Waals surface area contributed by atoms with Crippen LogP contribution in [0.15, 0.2) is 64.5 Å². The first-order valence-corrected chi connectivity index (χ1v) is 10.2. The molecule has 0 aliphatic rings. The lowest BCUT2D eigenvalue weighted by atomic mass is 10.1. The summed E-state index contributed by atoms with van der Waals surface area (Å²) in [7, 11) is 0. The first-order chi connectivity index (χ1) is 13.5. The Kier molecular flexibility index (Phi) is 6.76. The maximum atomic E-state index is 12.4. The van der Waals surface area contributed by atoms with E-state index in [9.17, 15) is 9.90 Å². The second-order valence-electron chi connectivity index (χ2n) is 6.97. The molecule has 2 aromatic carbocycles. The van der Waals surface area contributed by atoms with Gasteiger partial charge in [-0.1, -0.05) is 68.1 Å². The summed E-state index contributed by atoms with van der Waals surface area (Å²) in [4.78, 5) is 19.3. The van der Waals surface area contributed by atoms with Crippen molar-refractivity contribution < 1.29 is 9.84 Å². The summed E-state index contributed by atoms with van der Waals surface area (Å²) >= 11 is 1.38. The molecule has 2 N–H and O–H groups in total. The maximum absolute atomic E-state index is 12.4. The summed E-state index contributed by atoms with van der Waals surface area (Å²) in [6.45, 7) is 4.85. The van der Waals surface area contributed by atoms with Crippen molar-refractivity contribution in [1.29, 1.82) is 0 Å². The molecule has 28 heavy (non-hydrogen) atoms. The minimum atomic E-state index is -0.316. The van der Waals surface area contributed by atoms with Crippen LogP contribution >= 0.6 is 11.8 Å². The summed E-state index contributed by atoms with van der Waals surface area (Å²) in [5, 5.41) is 10.7. The van der Waals surface area contributed by atoms with Gasteiger partial charge >= 0.3 is 0 Å². The lowest BCUT2D eigenvalue weighted by Crippen LogP contribution is -2.15. The minimum Gasteiger partial charge on any atom is -0.493 e.